The zero-order chi connectivity index (χ0) is 31.9. The molecule has 1 aliphatic heterocycles. The SMILES string of the molecule is COc1ccc(CNC(=O)[C@@H]2CC(F)(F)CN2C(=O)[C@@H](O)[C@H](Cc2ccccc2)NC(=O)COc2c(C)cccc2C)cc1. The molecule has 0 aliphatic carbocycles. The van der Waals surface area contributed by atoms with E-state index in [-0.39, 0.29) is 13.0 Å². The van der Waals surface area contributed by atoms with Crippen molar-refractivity contribution >= 4 is 17.7 Å². The van der Waals surface area contributed by atoms with Crippen molar-refractivity contribution in [3.05, 3.63) is 95.1 Å². The summed E-state index contributed by atoms with van der Waals surface area (Å²) in [4.78, 5) is 40.2. The summed E-state index contributed by atoms with van der Waals surface area (Å²) in [5, 5.41) is 16.5. The van der Waals surface area contributed by atoms with Crippen LogP contribution in [0, 0.1) is 13.8 Å². The van der Waals surface area contributed by atoms with Gasteiger partial charge in [-0.1, -0.05) is 60.7 Å². The summed E-state index contributed by atoms with van der Waals surface area (Å²) >= 11 is 0. The van der Waals surface area contributed by atoms with E-state index in [1.807, 2.05) is 32.0 Å². The van der Waals surface area contributed by atoms with Gasteiger partial charge in [0.05, 0.1) is 19.7 Å². The minimum atomic E-state index is -3.34. The fourth-order valence-electron chi connectivity index (χ4n) is 5.20. The summed E-state index contributed by atoms with van der Waals surface area (Å²) in [5.41, 5.74) is 3.07. The molecule has 0 bridgehead atoms. The number of ether oxygens (including phenoxy) is 2. The van der Waals surface area contributed by atoms with Gasteiger partial charge in [0, 0.05) is 13.0 Å². The van der Waals surface area contributed by atoms with E-state index in [2.05, 4.69) is 10.6 Å². The maximum absolute atomic E-state index is 14.6. The number of aryl methyl sites for hydroxylation is 2. The number of nitrogens with zero attached hydrogens (tertiary/aromatic N) is 1. The molecule has 4 rings (SSSR count). The maximum Gasteiger partial charge on any atom is 0.267 e. The van der Waals surface area contributed by atoms with E-state index in [4.69, 9.17) is 9.47 Å². The van der Waals surface area contributed by atoms with Crippen LogP contribution in [0.4, 0.5) is 8.78 Å². The topological polar surface area (TPSA) is 117 Å². The van der Waals surface area contributed by atoms with E-state index in [0.717, 1.165) is 11.1 Å². The first-order valence-electron chi connectivity index (χ1n) is 14.3. The highest BCUT2D eigenvalue weighted by atomic mass is 19.3. The van der Waals surface area contributed by atoms with Crippen LogP contribution in [-0.2, 0) is 27.3 Å². The molecule has 0 aromatic heterocycles. The van der Waals surface area contributed by atoms with Gasteiger partial charge in [-0.05, 0) is 54.7 Å². The number of nitrogens with one attached hydrogen (secondary N) is 2. The smallest absolute Gasteiger partial charge is 0.267 e. The number of carbonyl (C=O) groups excluding carboxylic acids is 3. The first kappa shape index (κ1) is 32.4. The third-order valence-corrected chi connectivity index (χ3v) is 7.52. The van der Waals surface area contributed by atoms with Crippen molar-refractivity contribution in [3.8, 4) is 11.5 Å². The van der Waals surface area contributed by atoms with Gasteiger partial charge in [0.25, 0.3) is 17.7 Å². The summed E-state index contributed by atoms with van der Waals surface area (Å²) in [6.45, 7) is 2.30. The lowest BCUT2D eigenvalue weighted by Gasteiger charge is -2.30. The van der Waals surface area contributed by atoms with Gasteiger partial charge in [-0.3, -0.25) is 14.4 Å². The molecule has 234 valence electrons. The molecule has 0 radical (unpaired) electrons. The van der Waals surface area contributed by atoms with Crippen LogP contribution in [0.5, 0.6) is 11.5 Å². The number of halogens is 2. The number of para-hydroxylation sites is 1. The second-order valence-electron chi connectivity index (χ2n) is 10.9. The molecule has 1 heterocycles. The molecule has 9 nitrogen and oxygen atoms in total. The highest BCUT2D eigenvalue weighted by Crippen LogP contribution is 2.33. The number of hydrogen-bond acceptors (Lipinski definition) is 6. The number of hydrogen-bond donors (Lipinski definition) is 3. The minimum absolute atomic E-state index is 0.0292. The fourth-order valence-corrected chi connectivity index (χ4v) is 5.20. The predicted octanol–water partition coefficient (Wildman–Crippen LogP) is 3.33. The normalized spacial score (nSPS) is 17.0. The molecular formula is C33H37F2N3O6. The summed E-state index contributed by atoms with van der Waals surface area (Å²) in [6, 6.07) is 18.5. The number of aliphatic hydroxyl groups is 1. The van der Waals surface area contributed by atoms with Gasteiger partial charge in [0.15, 0.2) is 12.7 Å². The van der Waals surface area contributed by atoms with Crippen LogP contribution in [-0.4, -0.2) is 72.1 Å². The van der Waals surface area contributed by atoms with E-state index in [1.165, 1.54) is 7.11 Å². The molecule has 3 atom stereocenters. The maximum atomic E-state index is 14.6. The summed E-state index contributed by atoms with van der Waals surface area (Å²) in [7, 11) is 1.52. The summed E-state index contributed by atoms with van der Waals surface area (Å²) in [6.07, 6.45) is -2.77. The van der Waals surface area contributed by atoms with Crippen LogP contribution in [0.15, 0.2) is 72.8 Å². The Labute approximate surface area is 255 Å². The lowest BCUT2D eigenvalue weighted by atomic mass is 9.99. The predicted molar refractivity (Wildman–Crippen MR) is 159 cm³/mol. The monoisotopic (exact) mass is 609 g/mol. The molecule has 3 aromatic rings. The summed E-state index contributed by atoms with van der Waals surface area (Å²) < 4.78 is 40.0. The molecule has 44 heavy (non-hydrogen) atoms. The van der Waals surface area contributed by atoms with Gasteiger partial charge in [-0.2, -0.15) is 0 Å². The average molecular weight is 610 g/mol. The minimum Gasteiger partial charge on any atom is -0.497 e. The average Bonchev–Trinajstić information content (AvgIpc) is 3.34. The molecular weight excluding hydrogens is 572 g/mol. The number of aliphatic hydroxyl groups excluding tert-OH is 1. The molecule has 0 spiro atoms. The van der Waals surface area contributed by atoms with Crippen LogP contribution in [0.1, 0.15) is 28.7 Å². The Morgan fingerprint density at radius 1 is 0.977 bits per heavy atom. The number of alkyl halides is 2. The Morgan fingerprint density at radius 3 is 2.27 bits per heavy atom. The molecule has 3 N–H and O–H groups in total. The molecule has 1 fully saturated rings. The Hall–Kier alpha value is -4.51. The van der Waals surface area contributed by atoms with Gasteiger partial charge in [-0.25, -0.2) is 8.78 Å². The van der Waals surface area contributed by atoms with E-state index in [0.29, 0.717) is 27.5 Å². The largest absolute Gasteiger partial charge is 0.497 e. The number of carbonyl (C=O) groups is 3. The molecule has 1 saturated heterocycles. The van der Waals surface area contributed by atoms with Crippen molar-refractivity contribution in [2.45, 2.75) is 57.3 Å². The number of benzene rings is 3. The Kier molecular flexibility index (Phi) is 10.5. The van der Waals surface area contributed by atoms with Crippen molar-refractivity contribution < 1.29 is 37.7 Å². The highest BCUT2D eigenvalue weighted by molar-refractivity contribution is 5.91. The zero-order valence-corrected chi connectivity index (χ0v) is 24.9. The first-order chi connectivity index (χ1) is 21.0. The number of likely N-dealkylation sites (tertiary alicyclic amines) is 1. The highest BCUT2D eigenvalue weighted by Gasteiger charge is 2.51. The second-order valence-corrected chi connectivity index (χ2v) is 10.9. The molecule has 0 unspecified atom stereocenters. The standard InChI is InChI=1S/C33H37F2N3O6/c1-21-8-7-9-22(2)30(21)44-19-28(39)37-26(16-23-10-5-4-6-11-23)29(40)32(42)38-20-33(34,35)17-27(38)31(41)36-18-24-12-14-25(43-3)15-13-24/h4-15,26-27,29,40H,16-20H2,1-3H3,(H,36,41)(H,37,39)/t26-,27-,29-/m0/s1. The van der Waals surface area contributed by atoms with Crippen molar-refractivity contribution in [2.24, 2.45) is 0 Å². The first-order valence-corrected chi connectivity index (χ1v) is 14.3. The van der Waals surface area contributed by atoms with Gasteiger partial charge in [0.1, 0.15) is 17.5 Å². The third kappa shape index (κ3) is 8.31. The van der Waals surface area contributed by atoms with Gasteiger partial charge in [-0.15, -0.1) is 0 Å². The third-order valence-electron chi connectivity index (χ3n) is 7.52. The van der Waals surface area contributed by atoms with Crippen LogP contribution in [0.2, 0.25) is 0 Å². The summed E-state index contributed by atoms with van der Waals surface area (Å²) in [5.74, 6) is -4.64. The van der Waals surface area contributed by atoms with Gasteiger partial charge < -0.3 is 30.1 Å². The number of rotatable bonds is 12. The Bertz CT molecular complexity index is 1430. The van der Waals surface area contributed by atoms with Gasteiger partial charge >= 0.3 is 0 Å². The van der Waals surface area contributed by atoms with Crippen molar-refractivity contribution in [2.75, 3.05) is 20.3 Å². The van der Waals surface area contributed by atoms with E-state index in [1.54, 1.807) is 54.6 Å². The van der Waals surface area contributed by atoms with Crippen LogP contribution >= 0.6 is 0 Å². The van der Waals surface area contributed by atoms with E-state index >= 15 is 0 Å². The zero-order valence-electron chi connectivity index (χ0n) is 24.9. The number of methoxy groups -OCH3 is 1. The fraction of sp³-hybridized carbons (Fsp3) is 0.364. The van der Waals surface area contributed by atoms with Crippen molar-refractivity contribution in [1.82, 2.24) is 15.5 Å². The van der Waals surface area contributed by atoms with Gasteiger partial charge in [0.2, 0.25) is 5.91 Å². The molecule has 1 aliphatic rings. The quantitative estimate of drug-likeness (QED) is 0.290. The van der Waals surface area contributed by atoms with Crippen molar-refractivity contribution in [1.29, 1.82) is 0 Å². The van der Waals surface area contributed by atoms with E-state index < -0.39 is 61.4 Å². The lowest BCUT2D eigenvalue weighted by molar-refractivity contribution is -0.147. The Balaban J connectivity index is 1.47. The molecule has 0 saturated carbocycles. The Morgan fingerprint density at radius 2 is 1.64 bits per heavy atom. The molecule has 11 heteroatoms. The van der Waals surface area contributed by atoms with E-state index in [9.17, 15) is 28.3 Å². The number of amides is 3. The molecule has 3 aromatic carbocycles. The molecule has 3 amide bonds. The van der Waals surface area contributed by atoms with Crippen LogP contribution in [0.25, 0.3) is 0 Å². The van der Waals surface area contributed by atoms with Crippen LogP contribution < -0.4 is 20.1 Å². The van der Waals surface area contributed by atoms with Crippen LogP contribution in [0.3, 0.4) is 0 Å². The second kappa shape index (κ2) is 14.3. The lowest BCUT2D eigenvalue weighted by Crippen LogP contribution is -2.56. The van der Waals surface area contributed by atoms with Crippen molar-refractivity contribution in [3.63, 3.8) is 0 Å².